The van der Waals surface area contributed by atoms with E-state index < -0.39 is 0 Å². The topological polar surface area (TPSA) is 80.1 Å². The van der Waals surface area contributed by atoms with Gasteiger partial charge in [0.15, 0.2) is 0 Å². The molecular weight excluding hydrogens is 268 g/mol. The zero-order chi connectivity index (χ0) is 14.7. The van der Waals surface area contributed by atoms with E-state index in [1.165, 1.54) is 0 Å². The first-order chi connectivity index (χ1) is 10.2. The minimum absolute atomic E-state index is 0.0142. The van der Waals surface area contributed by atoms with Gasteiger partial charge in [0.2, 0.25) is 17.7 Å². The van der Waals surface area contributed by atoms with Crippen molar-refractivity contribution in [2.75, 3.05) is 0 Å². The molecule has 2 aromatic rings. The molecule has 1 aromatic carbocycles. The largest absolute Gasteiger partial charge is 0.419 e. The van der Waals surface area contributed by atoms with Crippen LogP contribution < -0.4 is 10.6 Å². The maximum absolute atomic E-state index is 11.8. The molecule has 1 unspecified atom stereocenters. The second-order valence-corrected chi connectivity index (χ2v) is 5.25. The highest BCUT2D eigenvalue weighted by atomic mass is 16.4. The number of hydrogen-bond acceptors (Lipinski definition) is 5. The summed E-state index contributed by atoms with van der Waals surface area (Å²) in [6.07, 6.45) is 2.17. The molecule has 0 bridgehead atoms. The first-order valence-corrected chi connectivity index (χ1v) is 7.14. The average Bonchev–Trinajstić information content (AvgIpc) is 3.20. The number of aromatic nitrogens is 2. The van der Waals surface area contributed by atoms with Gasteiger partial charge in [-0.05, 0) is 31.9 Å². The second-order valence-electron chi connectivity index (χ2n) is 5.25. The van der Waals surface area contributed by atoms with Gasteiger partial charge in [0.1, 0.15) is 0 Å². The van der Waals surface area contributed by atoms with E-state index in [4.69, 9.17) is 4.42 Å². The summed E-state index contributed by atoms with van der Waals surface area (Å²) < 4.78 is 5.58. The van der Waals surface area contributed by atoms with Gasteiger partial charge >= 0.3 is 0 Å². The number of nitrogens with one attached hydrogen (secondary N) is 2. The van der Waals surface area contributed by atoms with E-state index in [2.05, 4.69) is 20.8 Å². The molecule has 3 rings (SSSR count). The van der Waals surface area contributed by atoms with E-state index in [-0.39, 0.29) is 11.9 Å². The van der Waals surface area contributed by atoms with Crippen molar-refractivity contribution in [3.05, 3.63) is 36.2 Å². The quantitative estimate of drug-likeness (QED) is 0.841. The highest BCUT2D eigenvalue weighted by Gasteiger charge is 2.25. The van der Waals surface area contributed by atoms with Crippen molar-refractivity contribution in [1.82, 2.24) is 20.8 Å². The minimum atomic E-state index is -0.280. The number of benzene rings is 1. The summed E-state index contributed by atoms with van der Waals surface area (Å²) in [6, 6.07) is 9.69. The number of carbonyl (C=O) groups is 1. The Bertz CT molecular complexity index is 607. The summed E-state index contributed by atoms with van der Waals surface area (Å²) in [5.41, 5.74) is 0.885. The molecule has 6 heteroatoms. The van der Waals surface area contributed by atoms with Crippen LogP contribution in [0, 0.1) is 0 Å². The standard InChI is InChI=1S/C15H18N4O2/c1-10(14(20)17-12-7-8-12)16-9-13-18-19-15(21-13)11-5-3-2-4-6-11/h2-6,10,12,16H,7-9H2,1H3,(H,17,20). The van der Waals surface area contributed by atoms with Gasteiger partial charge in [-0.25, -0.2) is 0 Å². The Kier molecular flexibility index (Phi) is 3.96. The molecule has 0 radical (unpaired) electrons. The molecule has 110 valence electrons. The van der Waals surface area contributed by atoms with Crippen molar-refractivity contribution in [3.63, 3.8) is 0 Å². The molecule has 6 nitrogen and oxygen atoms in total. The monoisotopic (exact) mass is 286 g/mol. The smallest absolute Gasteiger partial charge is 0.247 e. The summed E-state index contributed by atoms with van der Waals surface area (Å²) in [5, 5.41) is 14.0. The lowest BCUT2D eigenvalue weighted by atomic mass is 10.2. The van der Waals surface area contributed by atoms with Gasteiger partial charge in [-0.2, -0.15) is 0 Å². The molecule has 1 heterocycles. The van der Waals surface area contributed by atoms with Gasteiger partial charge in [-0.1, -0.05) is 18.2 Å². The van der Waals surface area contributed by atoms with Crippen LogP contribution in [0.1, 0.15) is 25.7 Å². The summed E-state index contributed by atoms with van der Waals surface area (Å²) >= 11 is 0. The molecule has 2 N–H and O–H groups in total. The van der Waals surface area contributed by atoms with Crippen molar-refractivity contribution in [2.45, 2.75) is 38.4 Å². The number of hydrogen-bond donors (Lipinski definition) is 2. The van der Waals surface area contributed by atoms with Crippen molar-refractivity contribution in [3.8, 4) is 11.5 Å². The van der Waals surface area contributed by atoms with Gasteiger partial charge in [0, 0.05) is 11.6 Å². The Morgan fingerprint density at radius 2 is 2.10 bits per heavy atom. The third-order valence-corrected chi connectivity index (χ3v) is 3.36. The molecule has 0 spiro atoms. The molecule has 1 atom stereocenters. The van der Waals surface area contributed by atoms with Crippen molar-refractivity contribution in [1.29, 1.82) is 0 Å². The van der Waals surface area contributed by atoms with Crippen molar-refractivity contribution in [2.24, 2.45) is 0 Å². The molecule has 1 amide bonds. The Morgan fingerprint density at radius 1 is 1.33 bits per heavy atom. The summed E-state index contributed by atoms with van der Waals surface area (Å²) in [5.74, 6) is 0.975. The lowest BCUT2D eigenvalue weighted by Gasteiger charge is -2.11. The second kappa shape index (κ2) is 6.05. The third kappa shape index (κ3) is 3.66. The van der Waals surface area contributed by atoms with E-state index in [1.54, 1.807) is 0 Å². The van der Waals surface area contributed by atoms with Crippen LogP contribution in [-0.4, -0.2) is 28.2 Å². The lowest BCUT2D eigenvalue weighted by molar-refractivity contribution is -0.122. The van der Waals surface area contributed by atoms with E-state index >= 15 is 0 Å². The van der Waals surface area contributed by atoms with Crippen LogP contribution in [0.25, 0.3) is 11.5 Å². The van der Waals surface area contributed by atoms with Crippen LogP contribution in [0.15, 0.2) is 34.7 Å². The van der Waals surface area contributed by atoms with E-state index in [9.17, 15) is 4.79 Å². The summed E-state index contributed by atoms with van der Waals surface area (Å²) in [4.78, 5) is 11.8. The Labute approximate surface area is 123 Å². The van der Waals surface area contributed by atoms with E-state index in [0.29, 0.717) is 24.4 Å². The molecular formula is C15H18N4O2. The highest BCUT2D eigenvalue weighted by molar-refractivity contribution is 5.81. The molecule has 1 aliphatic carbocycles. The molecule has 1 saturated carbocycles. The van der Waals surface area contributed by atoms with E-state index in [1.807, 2.05) is 37.3 Å². The SMILES string of the molecule is CC(NCc1nnc(-c2ccccc2)o1)C(=O)NC1CC1. The van der Waals surface area contributed by atoms with Crippen molar-refractivity contribution < 1.29 is 9.21 Å². The third-order valence-electron chi connectivity index (χ3n) is 3.36. The summed E-state index contributed by atoms with van der Waals surface area (Å²) in [7, 11) is 0. The fraction of sp³-hybridized carbons (Fsp3) is 0.400. The molecule has 1 aromatic heterocycles. The number of amides is 1. The molecule has 0 aliphatic heterocycles. The number of carbonyl (C=O) groups excluding carboxylic acids is 1. The van der Waals surface area contributed by atoms with Crippen molar-refractivity contribution >= 4 is 5.91 Å². The first-order valence-electron chi connectivity index (χ1n) is 7.14. The molecule has 1 aliphatic rings. The van der Waals surface area contributed by atoms with Crippen LogP contribution in [0.3, 0.4) is 0 Å². The zero-order valence-electron chi connectivity index (χ0n) is 11.9. The normalized spacial score (nSPS) is 15.7. The summed E-state index contributed by atoms with van der Waals surface area (Å²) in [6.45, 7) is 2.20. The average molecular weight is 286 g/mol. The number of nitrogens with zero attached hydrogens (tertiary/aromatic N) is 2. The zero-order valence-corrected chi connectivity index (χ0v) is 11.9. The van der Waals surface area contributed by atoms with Crippen LogP contribution in [0.5, 0.6) is 0 Å². The van der Waals surface area contributed by atoms with E-state index in [0.717, 1.165) is 18.4 Å². The van der Waals surface area contributed by atoms with Crippen LogP contribution in [-0.2, 0) is 11.3 Å². The van der Waals surface area contributed by atoms with Crippen LogP contribution in [0.2, 0.25) is 0 Å². The predicted octanol–water partition coefficient (Wildman–Crippen LogP) is 1.49. The highest BCUT2D eigenvalue weighted by Crippen LogP contribution is 2.19. The Hall–Kier alpha value is -2.21. The fourth-order valence-electron chi connectivity index (χ4n) is 1.91. The first kappa shape index (κ1) is 13.8. The maximum Gasteiger partial charge on any atom is 0.247 e. The lowest BCUT2D eigenvalue weighted by Crippen LogP contribution is -2.42. The number of rotatable bonds is 6. The van der Waals surface area contributed by atoms with Crippen LogP contribution >= 0.6 is 0 Å². The Morgan fingerprint density at radius 3 is 2.81 bits per heavy atom. The molecule has 0 saturated heterocycles. The fourth-order valence-corrected chi connectivity index (χ4v) is 1.91. The predicted molar refractivity (Wildman–Crippen MR) is 77.2 cm³/mol. The van der Waals surface area contributed by atoms with Gasteiger partial charge in [-0.15, -0.1) is 10.2 Å². The Balaban J connectivity index is 1.53. The van der Waals surface area contributed by atoms with Crippen LogP contribution in [0.4, 0.5) is 0 Å². The maximum atomic E-state index is 11.8. The van der Waals surface area contributed by atoms with Gasteiger partial charge in [-0.3, -0.25) is 10.1 Å². The van der Waals surface area contributed by atoms with Gasteiger partial charge in [0.05, 0.1) is 12.6 Å². The minimum Gasteiger partial charge on any atom is -0.419 e. The molecule has 21 heavy (non-hydrogen) atoms. The van der Waals surface area contributed by atoms with Gasteiger partial charge in [0.25, 0.3) is 0 Å². The van der Waals surface area contributed by atoms with Gasteiger partial charge < -0.3 is 9.73 Å². The molecule has 1 fully saturated rings.